The van der Waals surface area contributed by atoms with E-state index in [1.54, 1.807) is 6.07 Å². The fourth-order valence-electron chi connectivity index (χ4n) is 6.03. The molecule has 1 fully saturated rings. The Kier molecular flexibility index (Phi) is 9.29. The second-order valence-corrected chi connectivity index (χ2v) is 11.3. The number of furan rings is 1. The van der Waals surface area contributed by atoms with Crippen LogP contribution in [0, 0.1) is 18.8 Å². The molecule has 0 spiro atoms. The van der Waals surface area contributed by atoms with Crippen LogP contribution in [0.15, 0.2) is 53.1 Å². The van der Waals surface area contributed by atoms with E-state index >= 15 is 0 Å². The number of ether oxygens (including phenoxy) is 1. The van der Waals surface area contributed by atoms with Gasteiger partial charge in [0.2, 0.25) is 0 Å². The van der Waals surface area contributed by atoms with Gasteiger partial charge in [-0.15, -0.1) is 0 Å². The molecule has 1 atom stereocenters. The molecular weight excluding hydrogens is 516 g/mol. The van der Waals surface area contributed by atoms with Crippen LogP contribution >= 0.6 is 0 Å². The Morgan fingerprint density at radius 2 is 1.93 bits per heavy atom. The summed E-state index contributed by atoms with van der Waals surface area (Å²) in [5, 5.41) is 3.71. The standard InChI is InChI=1S/C33H40N4O4/c1-4-5-12-27(23-10-6-7-11-23)32(38)41-33(39)36-24-15-16-31-28(19-24)26(22(2)40-31)17-18-37(3)21-25-20-34-29-13-8-9-14-30(29)35-25/h8-9,13-16,19-20,23,27H,4-7,10-12,17-18,21H2,1-3H3,(H,36,39). The van der Waals surface area contributed by atoms with Gasteiger partial charge in [0.1, 0.15) is 11.3 Å². The fourth-order valence-corrected chi connectivity index (χ4v) is 6.03. The molecule has 0 saturated heterocycles. The van der Waals surface area contributed by atoms with Crippen molar-refractivity contribution < 1.29 is 18.7 Å². The highest BCUT2D eigenvalue weighted by atomic mass is 16.6. The molecule has 2 aromatic carbocycles. The number of aromatic nitrogens is 2. The van der Waals surface area contributed by atoms with Gasteiger partial charge in [-0.05, 0) is 75.9 Å². The Labute approximate surface area is 241 Å². The summed E-state index contributed by atoms with van der Waals surface area (Å²) >= 11 is 0. The summed E-state index contributed by atoms with van der Waals surface area (Å²) in [6.07, 6.45) is 8.99. The van der Waals surface area contributed by atoms with Crippen LogP contribution in [0.4, 0.5) is 10.5 Å². The number of hydrogen-bond donors (Lipinski definition) is 1. The SMILES string of the molecule is CCCCC(C(=O)OC(=O)Nc1ccc2oc(C)c(CCN(C)Cc3cnc4ccccc4n3)c2c1)C1CCCC1. The summed E-state index contributed by atoms with van der Waals surface area (Å²) in [4.78, 5) is 37.1. The minimum atomic E-state index is -0.730. The predicted octanol–water partition coefficient (Wildman–Crippen LogP) is 7.43. The molecular formula is C33H40N4O4. The first-order chi connectivity index (χ1) is 19.9. The van der Waals surface area contributed by atoms with Crippen LogP contribution in [0.1, 0.15) is 68.9 Å². The lowest BCUT2D eigenvalue weighted by Gasteiger charge is -2.21. The molecule has 1 aliphatic carbocycles. The number of fused-ring (bicyclic) bond motifs is 2. The van der Waals surface area contributed by atoms with Gasteiger partial charge >= 0.3 is 12.1 Å². The molecule has 8 heteroatoms. The first-order valence-corrected chi connectivity index (χ1v) is 14.8. The molecule has 1 saturated carbocycles. The van der Waals surface area contributed by atoms with E-state index < -0.39 is 12.1 Å². The van der Waals surface area contributed by atoms with E-state index in [1.807, 2.05) is 49.5 Å². The molecule has 2 aromatic heterocycles. The van der Waals surface area contributed by atoms with Crippen LogP contribution in [0.2, 0.25) is 0 Å². The number of carbonyl (C=O) groups excluding carboxylic acids is 2. The first-order valence-electron chi connectivity index (χ1n) is 14.8. The summed E-state index contributed by atoms with van der Waals surface area (Å²) in [6, 6.07) is 13.4. The number of benzene rings is 2. The third-order valence-corrected chi connectivity index (χ3v) is 8.25. The van der Waals surface area contributed by atoms with E-state index in [9.17, 15) is 9.59 Å². The molecule has 1 amide bonds. The summed E-state index contributed by atoms with van der Waals surface area (Å²) < 4.78 is 11.3. The predicted molar refractivity (Wildman–Crippen MR) is 161 cm³/mol. The number of hydrogen-bond acceptors (Lipinski definition) is 7. The van der Waals surface area contributed by atoms with Crippen LogP contribution in [0.5, 0.6) is 0 Å². The van der Waals surface area contributed by atoms with Crippen LogP contribution < -0.4 is 5.32 Å². The van der Waals surface area contributed by atoms with E-state index in [1.165, 1.54) is 0 Å². The molecule has 0 aliphatic heterocycles. The number of unbranched alkanes of at least 4 members (excludes halogenated alkanes) is 1. The molecule has 216 valence electrons. The second kappa shape index (κ2) is 13.3. The van der Waals surface area contributed by atoms with Crippen molar-refractivity contribution in [3.8, 4) is 0 Å². The molecule has 1 unspecified atom stereocenters. The number of esters is 1. The van der Waals surface area contributed by atoms with Crippen LogP contribution in [-0.2, 0) is 22.5 Å². The molecule has 5 rings (SSSR count). The summed E-state index contributed by atoms with van der Waals surface area (Å²) in [7, 11) is 2.06. The zero-order valence-corrected chi connectivity index (χ0v) is 24.3. The van der Waals surface area contributed by atoms with Crippen LogP contribution in [0.25, 0.3) is 22.0 Å². The number of likely N-dealkylation sites (N-methyl/N-ethyl adjacent to an activating group) is 1. The van der Waals surface area contributed by atoms with E-state index in [2.05, 4.69) is 29.2 Å². The average Bonchev–Trinajstić information content (AvgIpc) is 3.59. The van der Waals surface area contributed by atoms with Gasteiger partial charge in [0.05, 0.1) is 28.8 Å². The summed E-state index contributed by atoms with van der Waals surface area (Å²) in [5.74, 6) is 0.569. The lowest BCUT2D eigenvalue weighted by molar-refractivity contribution is -0.143. The van der Waals surface area contributed by atoms with E-state index in [-0.39, 0.29) is 5.92 Å². The molecule has 4 aromatic rings. The normalized spacial score (nSPS) is 14.6. The molecule has 41 heavy (non-hydrogen) atoms. The number of rotatable bonds is 11. The van der Waals surface area contributed by atoms with Gasteiger partial charge in [0, 0.05) is 29.7 Å². The van der Waals surface area contributed by atoms with Crippen molar-refractivity contribution in [3.05, 3.63) is 65.7 Å². The zero-order valence-electron chi connectivity index (χ0n) is 24.3. The highest BCUT2D eigenvalue weighted by Crippen LogP contribution is 2.35. The number of aryl methyl sites for hydroxylation is 1. The topological polar surface area (TPSA) is 97.6 Å². The number of nitrogens with one attached hydrogen (secondary N) is 1. The van der Waals surface area contributed by atoms with Crippen molar-refractivity contribution in [1.29, 1.82) is 0 Å². The van der Waals surface area contributed by atoms with E-state index in [4.69, 9.17) is 14.1 Å². The zero-order chi connectivity index (χ0) is 28.8. The lowest BCUT2D eigenvalue weighted by Crippen LogP contribution is -2.28. The molecule has 1 aliphatic rings. The third kappa shape index (κ3) is 7.11. The number of anilines is 1. The molecule has 1 N–H and O–H groups in total. The van der Waals surface area contributed by atoms with E-state index in [0.29, 0.717) is 18.2 Å². The largest absolute Gasteiger partial charge is 0.461 e. The number of para-hydroxylation sites is 2. The highest BCUT2D eigenvalue weighted by molar-refractivity contribution is 5.96. The highest BCUT2D eigenvalue weighted by Gasteiger charge is 2.32. The van der Waals surface area contributed by atoms with Gasteiger partial charge in [-0.1, -0.05) is 44.7 Å². The van der Waals surface area contributed by atoms with Gasteiger partial charge in [0.25, 0.3) is 0 Å². The average molecular weight is 557 g/mol. The van der Waals surface area contributed by atoms with Crippen LogP contribution in [0.3, 0.4) is 0 Å². The molecule has 0 radical (unpaired) electrons. The maximum atomic E-state index is 12.9. The number of carbonyl (C=O) groups is 2. The van der Waals surface area contributed by atoms with Gasteiger partial charge in [-0.3, -0.25) is 15.1 Å². The minimum Gasteiger partial charge on any atom is -0.461 e. The summed E-state index contributed by atoms with van der Waals surface area (Å²) in [6.45, 7) is 5.55. The van der Waals surface area contributed by atoms with Gasteiger partial charge in [-0.2, -0.15) is 0 Å². The van der Waals surface area contributed by atoms with Gasteiger partial charge < -0.3 is 14.1 Å². The number of amides is 1. The Bertz CT molecular complexity index is 1510. The van der Waals surface area contributed by atoms with Gasteiger partial charge in [0.15, 0.2) is 0 Å². The van der Waals surface area contributed by atoms with Crippen molar-refractivity contribution >= 4 is 39.8 Å². The summed E-state index contributed by atoms with van der Waals surface area (Å²) in [5.41, 5.74) is 5.13. The second-order valence-electron chi connectivity index (χ2n) is 11.3. The Hall–Kier alpha value is -3.78. The smallest absolute Gasteiger partial charge is 0.419 e. The number of nitrogens with zero attached hydrogens (tertiary/aromatic N) is 3. The fraction of sp³-hybridized carbons (Fsp3) is 0.455. The van der Waals surface area contributed by atoms with Crippen molar-refractivity contribution in [2.24, 2.45) is 11.8 Å². The van der Waals surface area contributed by atoms with Crippen LogP contribution in [-0.4, -0.2) is 40.5 Å². The monoisotopic (exact) mass is 556 g/mol. The third-order valence-electron chi connectivity index (χ3n) is 8.25. The Morgan fingerprint density at radius 1 is 1.15 bits per heavy atom. The van der Waals surface area contributed by atoms with Crippen molar-refractivity contribution in [2.45, 2.75) is 71.8 Å². The lowest BCUT2D eigenvalue weighted by atomic mass is 9.87. The molecule has 8 nitrogen and oxygen atoms in total. The van der Waals surface area contributed by atoms with E-state index in [0.717, 1.165) is 96.9 Å². The molecule has 2 heterocycles. The maximum absolute atomic E-state index is 12.9. The van der Waals surface area contributed by atoms with Crippen molar-refractivity contribution in [2.75, 3.05) is 18.9 Å². The Balaban J connectivity index is 1.21. The first kappa shape index (κ1) is 28.7. The Morgan fingerprint density at radius 3 is 2.71 bits per heavy atom. The van der Waals surface area contributed by atoms with Crippen molar-refractivity contribution in [3.63, 3.8) is 0 Å². The van der Waals surface area contributed by atoms with Crippen molar-refractivity contribution in [1.82, 2.24) is 14.9 Å². The maximum Gasteiger partial charge on any atom is 0.419 e. The van der Waals surface area contributed by atoms with Gasteiger partial charge in [-0.25, -0.2) is 9.78 Å². The molecule has 0 bridgehead atoms. The minimum absolute atomic E-state index is 0.202. The quantitative estimate of drug-likeness (QED) is 0.151.